The summed E-state index contributed by atoms with van der Waals surface area (Å²) in [6, 6.07) is 1.99. The van der Waals surface area contributed by atoms with Crippen LogP contribution < -0.4 is 0 Å². The molecule has 0 aliphatic carbocycles. The van der Waals surface area contributed by atoms with Crippen LogP contribution in [0.4, 0.5) is 0 Å². The first-order valence-electron chi connectivity index (χ1n) is 6.05. The Balaban J connectivity index is 2.58. The summed E-state index contributed by atoms with van der Waals surface area (Å²) in [6.07, 6.45) is 6.51. The molecule has 2 aromatic rings. The maximum absolute atomic E-state index is 4.56. The molecule has 17 heavy (non-hydrogen) atoms. The van der Waals surface area contributed by atoms with E-state index in [4.69, 9.17) is 0 Å². The van der Waals surface area contributed by atoms with Crippen LogP contribution in [-0.4, -0.2) is 15.0 Å². The van der Waals surface area contributed by atoms with Gasteiger partial charge in [-0.2, -0.15) is 0 Å². The van der Waals surface area contributed by atoms with Gasteiger partial charge in [0.1, 0.15) is 11.3 Å². The van der Waals surface area contributed by atoms with E-state index >= 15 is 0 Å². The molecule has 0 bridgehead atoms. The zero-order valence-corrected chi connectivity index (χ0v) is 10.4. The molecule has 0 aliphatic heterocycles. The molecule has 3 heteroatoms. The number of hydrogen-bond acceptors (Lipinski definition) is 3. The fraction of sp³-hybridized carbons (Fsp3) is 0.357. The second-order valence-electron chi connectivity index (χ2n) is 4.09. The van der Waals surface area contributed by atoms with Gasteiger partial charge in [-0.3, -0.25) is 4.98 Å². The molecule has 88 valence electrons. The normalized spacial score (nSPS) is 10.7. The molecular formula is C14H17N3. The Bertz CT molecular complexity index is 546. The van der Waals surface area contributed by atoms with Crippen LogP contribution >= 0.6 is 0 Å². The molecule has 2 rings (SSSR count). The maximum atomic E-state index is 4.56. The van der Waals surface area contributed by atoms with Crippen molar-refractivity contribution >= 4 is 16.6 Å². The minimum Gasteiger partial charge on any atom is -0.253 e. The van der Waals surface area contributed by atoms with Gasteiger partial charge in [0.05, 0.1) is 11.7 Å². The van der Waals surface area contributed by atoms with Gasteiger partial charge in [0.2, 0.25) is 0 Å². The lowest BCUT2D eigenvalue weighted by molar-refractivity contribution is 0.952. The van der Waals surface area contributed by atoms with Crippen molar-refractivity contribution in [1.29, 1.82) is 0 Å². The molecule has 0 saturated carbocycles. The van der Waals surface area contributed by atoms with E-state index in [2.05, 4.69) is 35.4 Å². The van der Waals surface area contributed by atoms with Gasteiger partial charge in [0.25, 0.3) is 0 Å². The van der Waals surface area contributed by atoms with Gasteiger partial charge in [-0.25, -0.2) is 9.97 Å². The third kappa shape index (κ3) is 2.33. The standard InChI is InChI=1S/C14H17N3/c1-4-6-10(3)11-7-8-15-12-9-16-13(5-2)17-14(11)12/h7-9H,3-6H2,1-2H3. The number of aromatic nitrogens is 3. The number of nitrogens with zero attached hydrogens (tertiary/aromatic N) is 3. The van der Waals surface area contributed by atoms with Crippen LogP contribution in [0.15, 0.2) is 25.0 Å². The van der Waals surface area contributed by atoms with Crippen LogP contribution in [0, 0.1) is 0 Å². The Morgan fingerprint density at radius 2 is 2.12 bits per heavy atom. The van der Waals surface area contributed by atoms with E-state index in [1.165, 1.54) is 0 Å². The van der Waals surface area contributed by atoms with Crippen molar-refractivity contribution in [2.75, 3.05) is 0 Å². The molecular weight excluding hydrogens is 210 g/mol. The highest BCUT2D eigenvalue weighted by Gasteiger charge is 2.07. The second-order valence-corrected chi connectivity index (χ2v) is 4.09. The molecule has 0 N–H and O–H groups in total. The van der Waals surface area contributed by atoms with Crippen LogP contribution in [0.25, 0.3) is 16.6 Å². The van der Waals surface area contributed by atoms with E-state index in [-0.39, 0.29) is 0 Å². The molecule has 3 nitrogen and oxygen atoms in total. The van der Waals surface area contributed by atoms with Gasteiger partial charge in [0.15, 0.2) is 0 Å². The van der Waals surface area contributed by atoms with E-state index in [0.29, 0.717) is 0 Å². The first kappa shape index (κ1) is 11.7. The molecule has 0 spiro atoms. The molecule has 0 fully saturated rings. The average Bonchev–Trinajstić information content (AvgIpc) is 2.37. The molecule has 0 aliphatic rings. The van der Waals surface area contributed by atoms with Gasteiger partial charge in [-0.05, 0) is 18.1 Å². The van der Waals surface area contributed by atoms with Crippen molar-refractivity contribution < 1.29 is 0 Å². The molecule has 0 unspecified atom stereocenters. The third-order valence-electron chi connectivity index (χ3n) is 2.78. The quantitative estimate of drug-likeness (QED) is 0.803. The summed E-state index contributed by atoms with van der Waals surface area (Å²) in [7, 11) is 0. The number of hydrogen-bond donors (Lipinski definition) is 0. The van der Waals surface area contributed by atoms with Gasteiger partial charge in [-0.1, -0.05) is 26.8 Å². The summed E-state index contributed by atoms with van der Waals surface area (Å²) in [5.74, 6) is 0.857. The summed E-state index contributed by atoms with van der Waals surface area (Å²) < 4.78 is 0. The number of pyridine rings is 1. The first-order valence-corrected chi connectivity index (χ1v) is 6.05. The van der Waals surface area contributed by atoms with Crippen molar-refractivity contribution in [3.05, 3.63) is 36.4 Å². The number of allylic oxidation sites excluding steroid dienone is 1. The number of aryl methyl sites for hydroxylation is 1. The summed E-state index contributed by atoms with van der Waals surface area (Å²) in [5.41, 5.74) is 4.00. The highest BCUT2D eigenvalue weighted by Crippen LogP contribution is 2.23. The zero-order valence-electron chi connectivity index (χ0n) is 10.4. The maximum Gasteiger partial charge on any atom is 0.128 e. The van der Waals surface area contributed by atoms with Gasteiger partial charge >= 0.3 is 0 Å². The smallest absolute Gasteiger partial charge is 0.128 e. The molecule has 0 amide bonds. The minimum atomic E-state index is 0.838. The summed E-state index contributed by atoms with van der Waals surface area (Å²) in [5, 5.41) is 0. The summed E-state index contributed by atoms with van der Waals surface area (Å²) >= 11 is 0. The van der Waals surface area contributed by atoms with Crippen molar-refractivity contribution in [2.24, 2.45) is 0 Å². The van der Waals surface area contributed by atoms with E-state index in [1.807, 2.05) is 6.07 Å². The predicted octanol–water partition coefficient (Wildman–Crippen LogP) is 3.40. The summed E-state index contributed by atoms with van der Waals surface area (Å²) in [6.45, 7) is 8.34. The summed E-state index contributed by atoms with van der Waals surface area (Å²) in [4.78, 5) is 13.1. The number of fused-ring (bicyclic) bond motifs is 1. The monoisotopic (exact) mass is 227 g/mol. The lowest BCUT2D eigenvalue weighted by Gasteiger charge is -2.08. The van der Waals surface area contributed by atoms with Crippen molar-refractivity contribution in [2.45, 2.75) is 33.1 Å². The third-order valence-corrected chi connectivity index (χ3v) is 2.78. The van der Waals surface area contributed by atoms with Crippen LogP contribution in [0.5, 0.6) is 0 Å². The first-order chi connectivity index (χ1) is 8.26. The van der Waals surface area contributed by atoms with Crippen molar-refractivity contribution in [3.63, 3.8) is 0 Å². The predicted molar refractivity (Wildman–Crippen MR) is 70.7 cm³/mol. The highest BCUT2D eigenvalue weighted by atomic mass is 14.9. The van der Waals surface area contributed by atoms with Gasteiger partial charge in [-0.15, -0.1) is 0 Å². The Morgan fingerprint density at radius 3 is 2.82 bits per heavy atom. The minimum absolute atomic E-state index is 0.838. The molecule has 0 saturated heterocycles. The fourth-order valence-electron chi connectivity index (χ4n) is 1.87. The number of rotatable bonds is 4. The largest absolute Gasteiger partial charge is 0.253 e. The SMILES string of the molecule is C=C(CCC)c1ccnc2cnc(CC)nc12. The molecule has 0 aromatic carbocycles. The Morgan fingerprint density at radius 1 is 1.29 bits per heavy atom. The van der Waals surface area contributed by atoms with Crippen LogP contribution in [0.1, 0.15) is 38.1 Å². The van der Waals surface area contributed by atoms with Crippen molar-refractivity contribution in [1.82, 2.24) is 15.0 Å². The Kier molecular flexibility index (Phi) is 3.47. The van der Waals surface area contributed by atoms with Gasteiger partial charge in [0, 0.05) is 18.2 Å². The van der Waals surface area contributed by atoms with Crippen LogP contribution in [0.3, 0.4) is 0 Å². The zero-order chi connectivity index (χ0) is 12.3. The molecule has 0 radical (unpaired) electrons. The topological polar surface area (TPSA) is 38.7 Å². The lowest BCUT2D eigenvalue weighted by atomic mass is 10.0. The van der Waals surface area contributed by atoms with Crippen molar-refractivity contribution in [3.8, 4) is 0 Å². The van der Waals surface area contributed by atoms with Crippen LogP contribution in [0.2, 0.25) is 0 Å². The molecule has 2 heterocycles. The lowest BCUT2D eigenvalue weighted by Crippen LogP contribution is -1.97. The van der Waals surface area contributed by atoms with E-state index in [9.17, 15) is 0 Å². The van der Waals surface area contributed by atoms with E-state index in [0.717, 1.165) is 47.3 Å². The fourth-order valence-corrected chi connectivity index (χ4v) is 1.87. The van der Waals surface area contributed by atoms with Crippen LogP contribution in [-0.2, 0) is 6.42 Å². The second kappa shape index (κ2) is 5.04. The van der Waals surface area contributed by atoms with E-state index in [1.54, 1.807) is 12.4 Å². The van der Waals surface area contributed by atoms with Gasteiger partial charge < -0.3 is 0 Å². The average molecular weight is 227 g/mol. The molecule has 2 aromatic heterocycles. The van der Waals surface area contributed by atoms with E-state index < -0.39 is 0 Å². The highest BCUT2D eigenvalue weighted by molar-refractivity contribution is 5.87. The Labute approximate surface area is 102 Å². The Hall–Kier alpha value is -1.77. The molecule has 0 atom stereocenters.